The van der Waals surface area contributed by atoms with Gasteiger partial charge in [0.1, 0.15) is 12.3 Å². The van der Waals surface area contributed by atoms with E-state index in [0.717, 1.165) is 12.2 Å². The van der Waals surface area contributed by atoms with E-state index in [1.54, 1.807) is 10.9 Å². The fraction of sp³-hybridized carbons (Fsp3) is 0.538. The largest absolute Gasteiger partial charge is 0.467 e. The van der Waals surface area contributed by atoms with Crippen LogP contribution in [0.25, 0.3) is 0 Å². The summed E-state index contributed by atoms with van der Waals surface area (Å²) >= 11 is 1.31. The Morgan fingerprint density at radius 2 is 2.33 bits per heavy atom. The molecule has 0 aliphatic heterocycles. The normalized spacial score (nSPS) is 11.6. The fourth-order valence-electron chi connectivity index (χ4n) is 1.58. The van der Waals surface area contributed by atoms with Crippen LogP contribution in [0.1, 0.15) is 33.0 Å². The number of rotatable bonds is 7. The molecule has 0 fully saturated rings. The standard InChI is InChI=1S/C13H19N5O2S/c1-4-13(2,3)14-11(19)9-21-12-15-16-17-18(12)8-10-6-5-7-20-10/h5-7H,4,8-9H2,1-3H3,(H,14,19). The van der Waals surface area contributed by atoms with Crippen LogP contribution in [0.2, 0.25) is 0 Å². The van der Waals surface area contributed by atoms with Gasteiger partial charge in [0.25, 0.3) is 0 Å². The number of carbonyl (C=O) groups excluding carboxylic acids is 1. The highest BCUT2D eigenvalue weighted by Crippen LogP contribution is 2.16. The zero-order chi connectivity index (χ0) is 15.3. The van der Waals surface area contributed by atoms with E-state index < -0.39 is 0 Å². The molecule has 2 aromatic heterocycles. The van der Waals surface area contributed by atoms with Gasteiger partial charge in [0.05, 0.1) is 12.0 Å². The van der Waals surface area contributed by atoms with Gasteiger partial charge in [-0.05, 0) is 42.8 Å². The maximum Gasteiger partial charge on any atom is 0.230 e. The minimum absolute atomic E-state index is 0.0283. The molecule has 7 nitrogen and oxygen atoms in total. The maximum atomic E-state index is 11.9. The SMILES string of the molecule is CCC(C)(C)NC(=O)CSc1nnnn1Cc1ccco1. The van der Waals surface area contributed by atoms with E-state index >= 15 is 0 Å². The van der Waals surface area contributed by atoms with Gasteiger partial charge in [0.2, 0.25) is 11.1 Å². The van der Waals surface area contributed by atoms with Crippen molar-refractivity contribution < 1.29 is 9.21 Å². The van der Waals surface area contributed by atoms with E-state index in [1.165, 1.54) is 11.8 Å². The van der Waals surface area contributed by atoms with Crippen LogP contribution in [0.15, 0.2) is 28.0 Å². The number of thioether (sulfide) groups is 1. The third kappa shape index (κ3) is 4.59. The van der Waals surface area contributed by atoms with Gasteiger partial charge in [-0.1, -0.05) is 18.7 Å². The van der Waals surface area contributed by atoms with Gasteiger partial charge < -0.3 is 9.73 Å². The minimum Gasteiger partial charge on any atom is -0.467 e. The number of amides is 1. The Hall–Kier alpha value is -1.83. The average Bonchev–Trinajstić information content (AvgIpc) is 3.08. The summed E-state index contributed by atoms with van der Waals surface area (Å²) in [5, 5.41) is 15.0. The first-order chi connectivity index (χ1) is 10.00. The van der Waals surface area contributed by atoms with Gasteiger partial charge in [-0.2, -0.15) is 0 Å². The molecule has 0 radical (unpaired) electrons. The van der Waals surface area contributed by atoms with Crippen LogP contribution < -0.4 is 5.32 Å². The van der Waals surface area contributed by atoms with E-state index in [-0.39, 0.29) is 17.2 Å². The van der Waals surface area contributed by atoms with Crippen LogP contribution in [-0.4, -0.2) is 37.4 Å². The molecule has 1 amide bonds. The van der Waals surface area contributed by atoms with Crippen molar-refractivity contribution in [2.75, 3.05) is 5.75 Å². The highest BCUT2D eigenvalue weighted by atomic mass is 32.2. The van der Waals surface area contributed by atoms with Gasteiger partial charge in [0.15, 0.2) is 0 Å². The summed E-state index contributed by atoms with van der Waals surface area (Å²) in [6.45, 7) is 6.48. The molecule has 21 heavy (non-hydrogen) atoms. The number of aromatic nitrogens is 4. The highest BCUT2D eigenvalue weighted by Gasteiger charge is 2.18. The van der Waals surface area contributed by atoms with Crippen molar-refractivity contribution in [2.45, 2.75) is 44.4 Å². The molecule has 0 aliphatic carbocycles. The van der Waals surface area contributed by atoms with Crippen LogP contribution in [0.3, 0.4) is 0 Å². The predicted molar refractivity (Wildman–Crippen MR) is 78.9 cm³/mol. The molecule has 1 N–H and O–H groups in total. The predicted octanol–water partition coefficient (Wildman–Crippen LogP) is 1.71. The van der Waals surface area contributed by atoms with Crippen molar-refractivity contribution in [2.24, 2.45) is 0 Å². The summed E-state index contributed by atoms with van der Waals surface area (Å²) in [6.07, 6.45) is 2.48. The topological polar surface area (TPSA) is 85.8 Å². The molecule has 2 rings (SSSR count). The summed E-state index contributed by atoms with van der Waals surface area (Å²) in [5.41, 5.74) is -0.197. The Kier molecular flexibility index (Phi) is 5.00. The molecule has 8 heteroatoms. The second-order valence-corrected chi connectivity index (χ2v) is 6.22. The van der Waals surface area contributed by atoms with Gasteiger partial charge >= 0.3 is 0 Å². The summed E-state index contributed by atoms with van der Waals surface area (Å²) in [7, 11) is 0. The summed E-state index contributed by atoms with van der Waals surface area (Å²) in [6, 6.07) is 3.67. The third-order valence-electron chi connectivity index (χ3n) is 3.08. The number of carbonyl (C=O) groups is 1. The van der Waals surface area contributed by atoms with Crippen LogP contribution in [-0.2, 0) is 11.3 Å². The molecule has 2 aromatic rings. The molecule has 0 bridgehead atoms. The molecular formula is C13H19N5O2S. The lowest BCUT2D eigenvalue weighted by Gasteiger charge is -2.24. The van der Waals surface area contributed by atoms with Crippen molar-refractivity contribution in [3.05, 3.63) is 24.2 Å². The van der Waals surface area contributed by atoms with E-state index in [9.17, 15) is 4.79 Å². The first-order valence-corrected chi connectivity index (χ1v) is 7.71. The highest BCUT2D eigenvalue weighted by molar-refractivity contribution is 7.99. The Morgan fingerprint density at radius 3 is 3.00 bits per heavy atom. The second-order valence-electron chi connectivity index (χ2n) is 5.27. The molecule has 0 saturated heterocycles. The van der Waals surface area contributed by atoms with Crippen LogP contribution >= 0.6 is 11.8 Å². The number of nitrogens with one attached hydrogen (secondary N) is 1. The average molecular weight is 309 g/mol. The molecular weight excluding hydrogens is 290 g/mol. The molecule has 2 heterocycles. The smallest absolute Gasteiger partial charge is 0.230 e. The molecule has 0 unspecified atom stereocenters. The van der Waals surface area contributed by atoms with Crippen LogP contribution in [0.4, 0.5) is 0 Å². The molecule has 0 aromatic carbocycles. The summed E-state index contributed by atoms with van der Waals surface area (Å²) in [4.78, 5) is 11.9. The summed E-state index contributed by atoms with van der Waals surface area (Å²) in [5.74, 6) is 1.02. The lowest BCUT2D eigenvalue weighted by atomic mass is 10.0. The number of hydrogen-bond donors (Lipinski definition) is 1. The Morgan fingerprint density at radius 1 is 1.52 bits per heavy atom. The van der Waals surface area contributed by atoms with Gasteiger partial charge in [-0.25, -0.2) is 4.68 Å². The van der Waals surface area contributed by atoms with Crippen molar-refractivity contribution in [3.8, 4) is 0 Å². The van der Waals surface area contributed by atoms with Gasteiger partial charge in [-0.3, -0.25) is 4.79 Å². The lowest BCUT2D eigenvalue weighted by molar-refractivity contribution is -0.120. The van der Waals surface area contributed by atoms with Gasteiger partial charge in [-0.15, -0.1) is 5.10 Å². The van der Waals surface area contributed by atoms with Crippen molar-refractivity contribution in [3.63, 3.8) is 0 Å². The maximum absolute atomic E-state index is 11.9. The second kappa shape index (κ2) is 6.75. The number of furan rings is 1. The van der Waals surface area contributed by atoms with E-state index in [0.29, 0.717) is 11.7 Å². The molecule has 0 saturated carbocycles. The first-order valence-electron chi connectivity index (χ1n) is 6.72. The summed E-state index contributed by atoms with van der Waals surface area (Å²) < 4.78 is 6.88. The Balaban J connectivity index is 1.89. The fourth-order valence-corrected chi connectivity index (χ4v) is 2.26. The zero-order valence-corrected chi connectivity index (χ0v) is 13.2. The molecule has 0 atom stereocenters. The van der Waals surface area contributed by atoms with Crippen molar-refractivity contribution >= 4 is 17.7 Å². The zero-order valence-electron chi connectivity index (χ0n) is 12.4. The van der Waals surface area contributed by atoms with Crippen molar-refractivity contribution in [1.82, 2.24) is 25.5 Å². The molecule has 114 valence electrons. The Labute approximate surface area is 127 Å². The van der Waals surface area contributed by atoms with Crippen LogP contribution in [0, 0.1) is 0 Å². The molecule has 0 spiro atoms. The quantitative estimate of drug-likeness (QED) is 0.784. The van der Waals surface area contributed by atoms with E-state index in [1.807, 2.05) is 32.9 Å². The minimum atomic E-state index is -0.197. The Bertz CT molecular complexity index is 579. The number of tetrazole rings is 1. The van der Waals surface area contributed by atoms with Gasteiger partial charge in [0, 0.05) is 5.54 Å². The number of nitrogens with zero attached hydrogens (tertiary/aromatic N) is 4. The van der Waals surface area contributed by atoms with Crippen molar-refractivity contribution in [1.29, 1.82) is 0 Å². The molecule has 0 aliphatic rings. The lowest BCUT2D eigenvalue weighted by Crippen LogP contribution is -2.43. The number of hydrogen-bond acceptors (Lipinski definition) is 6. The van der Waals surface area contributed by atoms with E-state index in [2.05, 4.69) is 20.8 Å². The van der Waals surface area contributed by atoms with Crippen LogP contribution in [0.5, 0.6) is 0 Å². The van der Waals surface area contributed by atoms with E-state index in [4.69, 9.17) is 4.42 Å². The first kappa shape index (κ1) is 15.6. The monoisotopic (exact) mass is 309 g/mol. The third-order valence-corrected chi connectivity index (χ3v) is 4.04.